The van der Waals surface area contributed by atoms with Gasteiger partial charge in [-0.15, -0.1) is 0 Å². The minimum atomic E-state index is -0.250. The molecule has 0 bridgehead atoms. The Morgan fingerprint density at radius 2 is 1.44 bits per heavy atom. The van der Waals surface area contributed by atoms with Gasteiger partial charge in [-0.2, -0.15) is 0 Å². The van der Waals surface area contributed by atoms with Crippen LogP contribution in [0.15, 0.2) is 78.9 Å². The van der Waals surface area contributed by atoms with Gasteiger partial charge in [0.2, 0.25) is 5.91 Å². The molecule has 164 valence electrons. The third-order valence-corrected chi connectivity index (χ3v) is 4.64. The fraction of sp³-hybridized carbons (Fsp3) is 0.160. The van der Waals surface area contributed by atoms with E-state index >= 15 is 0 Å². The molecule has 0 aliphatic carbocycles. The first-order chi connectivity index (χ1) is 15.5. The maximum atomic E-state index is 12.4. The van der Waals surface area contributed by atoms with Gasteiger partial charge in [0.1, 0.15) is 0 Å². The summed E-state index contributed by atoms with van der Waals surface area (Å²) in [7, 11) is 0. The Balaban J connectivity index is 1.49. The number of carbonyl (C=O) groups excluding carboxylic acids is 3. The summed E-state index contributed by atoms with van der Waals surface area (Å²) in [5.74, 6) is -0.598. The Bertz CT molecular complexity index is 1070. The molecule has 0 fully saturated rings. The number of hydrogen-bond donors (Lipinski definition) is 4. The van der Waals surface area contributed by atoms with Crippen LogP contribution in [0.25, 0.3) is 0 Å². The van der Waals surface area contributed by atoms with Crippen molar-refractivity contribution in [3.8, 4) is 0 Å². The van der Waals surface area contributed by atoms with Crippen LogP contribution in [0.4, 0.5) is 11.4 Å². The van der Waals surface area contributed by atoms with E-state index in [2.05, 4.69) is 21.3 Å². The summed E-state index contributed by atoms with van der Waals surface area (Å²) in [6.07, 6.45) is 0. The Kier molecular flexibility index (Phi) is 7.97. The number of benzene rings is 3. The summed E-state index contributed by atoms with van der Waals surface area (Å²) in [5, 5.41) is 11.4. The topological polar surface area (TPSA) is 99.3 Å². The standard InChI is InChI=1S/C25H26N4O3/c1-2-26-24(31)19-11-13-21(14-12-19)27-17-23(30)29-22-10-6-9-20(15-22)25(32)28-16-18-7-4-3-5-8-18/h3-15,27H,2,16-17H2,1H3,(H,26,31)(H,28,32)(H,29,30). The number of amides is 3. The molecule has 0 saturated carbocycles. The number of carbonyl (C=O) groups is 3. The molecule has 3 amide bonds. The highest BCUT2D eigenvalue weighted by molar-refractivity contribution is 5.98. The van der Waals surface area contributed by atoms with Crippen molar-refractivity contribution in [3.05, 3.63) is 95.6 Å². The average molecular weight is 431 g/mol. The molecule has 7 heteroatoms. The minimum absolute atomic E-state index is 0.0466. The zero-order valence-corrected chi connectivity index (χ0v) is 17.9. The van der Waals surface area contributed by atoms with E-state index in [0.717, 1.165) is 11.3 Å². The predicted molar refractivity (Wildman–Crippen MR) is 126 cm³/mol. The fourth-order valence-electron chi connectivity index (χ4n) is 3.01. The molecular weight excluding hydrogens is 404 g/mol. The smallest absolute Gasteiger partial charge is 0.251 e. The van der Waals surface area contributed by atoms with Gasteiger partial charge in [-0.05, 0) is 55.0 Å². The van der Waals surface area contributed by atoms with E-state index in [1.165, 1.54) is 0 Å². The van der Waals surface area contributed by atoms with Gasteiger partial charge in [-0.3, -0.25) is 14.4 Å². The van der Waals surface area contributed by atoms with Crippen molar-refractivity contribution in [2.75, 3.05) is 23.7 Å². The zero-order chi connectivity index (χ0) is 22.8. The lowest BCUT2D eigenvalue weighted by Gasteiger charge is -2.10. The van der Waals surface area contributed by atoms with Crippen molar-refractivity contribution < 1.29 is 14.4 Å². The van der Waals surface area contributed by atoms with Crippen LogP contribution >= 0.6 is 0 Å². The summed E-state index contributed by atoms with van der Waals surface area (Å²) in [4.78, 5) is 36.5. The summed E-state index contributed by atoms with van der Waals surface area (Å²) < 4.78 is 0. The van der Waals surface area contributed by atoms with Gasteiger partial charge in [0, 0.05) is 35.6 Å². The van der Waals surface area contributed by atoms with Crippen LogP contribution in [0.1, 0.15) is 33.2 Å². The Hall–Kier alpha value is -4.13. The molecule has 0 heterocycles. The van der Waals surface area contributed by atoms with E-state index in [9.17, 15) is 14.4 Å². The molecule has 0 radical (unpaired) electrons. The van der Waals surface area contributed by atoms with Crippen LogP contribution in [-0.2, 0) is 11.3 Å². The van der Waals surface area contributed by atoms with Gasteiger partial charge in [0.25, 0.3) is 11.8 Å². The molecule has 0 aliphatic heterocycles. The second-order valence-electron chi connectivity index (χ2n) is 7.09. The van der Waals surface area contributed by atoms with Crippen LogP contribution in [0, 0.1) is 0 Å². The lowest BCUT2D eigenvalue weighted by Crippen LogP contribution is -2.24. The lowest BCUT2D eigenvalue weighted by atomic mass is 10.1. The van der Waals surface area contributed by atoms with Crippen molar-refractivity contribution in [1.29, 1.82) is 0 Å². The third kappa shape index (κ3) is 6.70. The highest BCUT2D eigenvalue weighted by Crippen LogP contribution is 2.12. The molecule has 0 atom stereocenters. The molecule has 7 nitrogen and oxygen atoms in total. The highest BCUT2D eigenvalue weighted by atomic mass is 16.2. The van der Waals surface area contributed by atoms with Gasteiger partial charge in [0.05, 0.1) is 6.54 Å². The molecule has 0 aliphatic rings. The van der Waals surface area contributed by atoms with E-state index < -0.39 is 0 Å². The van der Waals surface area contributed by atoms with Crippen LogP contribution in [0.3, 0.4) is 0 Å². The van der Waals surface area contributed by atoms with E-state index in [-0.39, 0.29) is 24.3 Å². The van der Waals surface area contributed by atoms with Gasteiger partial charge >= 0.3 is 0 Å². The van der Waals surface area contributed by atoms with Crippen LogP contribution in [0.2, 0.25) is 0 Å². The summed E-state index contributed by atoms with van der Waals surface area (Å²) >= 11 is 0. The first-order valence-corrected chi connectivity index (χ1v) is 10.4. The van der Waals surface area contributed by atoms with Crippen molar-refractivity contribution >= 4 is 29.1 Å². The van der Waals surface area contributed by atoms with Crippen molar-refractivity contribution in [1.82, 2.24) is 10.6 Å². The summed E-state index contributed by atoms with van der Waals surface area (Å²) in [6, 6.07) is 23.3. The monoisotopic (exact) mass is 430 g/mol. The van der Waals surface area contributed by atoms with Gasteiger partial charge in [-0.1, -0.05) is 36.4 Å². The maximum Gasteiger partial charge on any atom is 0.251 e. The van der Waals surface area contributed by atoms with Gasteiger partial charge in [0.15, 0.2) is 0 Å². The Morgan fingerprint density at radius 1 is 0.719 bits per heavy atom. The molecular formula is C25H26N4O3. The molecule has 3 rings (SSSR count). The number of rotatable bonds is 9. The minimum Gasteiger partial charge on any atom is -0.376 e. The summed E-state index contributed by atoms with van der Waals surface area (Å²) in [6.45, 7) is 2.90. The van der Waals surface area contributed by atoms with E-state index in [4.69, 9.17) is 0 Å². The SMILES string of the molecule is CCNC(=O)c1ccc(NCC(=O)Nc2cccc(C(=O)NCc3ccccc3)c2)cc1. The normalized spacial score (nSPS) is 10.2. The average Bonchev–Trinajstić information content (AvgIpc) is 2.82. The second-order valence-corrected chi connectivity index (χ2v) is 7.09. The quantitative estimate of drug-likeness (QED) is 0.418. The fourth-order valence-corrected chi connectivity index (χ4v) is 3.01. The molecule has 3 aromatic carbocycles. The lowest BCUT2D eigenvalue weighted by molar-refractivity contribution is -0.114. The summed E-state index contributed by atoms with van der Waals surface area (Å²) in [5.41, 5.74) is 3.30. The molecule has 0 spiro atoms. The van der Waals surface area contributed by atoms with Crippen LogP contribution < -0.4 is 21.3 Å². The third-order valence-electron chi connectivity index (χ3n) is 4.64. The molecule has 4 N–H and O–H groups in total. The number of hydrogen-bond acceptors (Lipinski definition) is 4. The van der Waals surface area contributed by atoms with Crippen molar-refractivity contribution in [3.63, 3.8) is 0 Å². The predicted octanol–water partition coefficient (Wildman–Crippen LogP) is 3.42. The van der Waals surface area contributed by atoms with E-state index in [1.54, 1.807) is 48.5 Å². The maximum absolute atomic E-state index is 12.4. The first-order valence-electron chi connectivity index (χ1n) is 10.4. The number of nitrogens with one attached hydrogen (secondary N) is 4. The van der Waals surface area contributed by atoms with Crippen molar-refractivity contribution in [2.24, 2.45) is 0 Å². The highest BCUT2D eigenvalue weighted by Gasteiger charge is 2.09. The Labute approximate surface area is 187 Å². The molecule has 0 saturated heterocycles. The molecule has 32 heavy (non-hydrogen) atoms. The molecule has 0 aromatic heterocycles. The first kappa shape index (κ1) is 22.6. The number of anilines is 2. The van der Waals surface area contributed by atoms with Crippen LogP contribution in [0.5, 0.6) is 0 Å². The van der Waals surface area contributed by atoms with E-state index in [1.807, 2.05) is 37.3 Å². The molecule has 0 unspecified atom stereocenters. The Morgan fingerprint density at radius 3 is 2.16 bits per heavy atom. The van der Waals surface area contributed by atoms with Crippen LogP contribution in [-0.4, -0.2) is 30.8 Å². The van der Waals surface area contributed by atoms with E-state index in [0.29, 0.717) is 29.9 Å². The molecule has 3 aromatic rings. The second kappa shape index (κ2) is 11.3. The van der Waals surface area contributed by atoms with Gasteiger partial charge in [-0.25, -0.2) is 0 Å². The largest absolute Gasteiger partial charge is 0.376 e. The zero-order valence-electron chi connectivity index (χ0n) is 17.9. The van der Waals surface area contributed by atoms with Crippen molar-refractivity contribution in [2.45, 2.75) is 13.5 Å². The van der Waals surface area contributed by atoms with Gasteiger partial charge < -0.3 is 21.3 Å².